The summed E-state index contributed by atoms with van der Waals surface area (Å²) in [7, 11) is -3.78. The summed E-state index contributed by atoms with van der Waals surface area (Å²) in [5.74, 6) is -0.313. The fourth-order valence-electron chi connectivity index (χ4n) is 3.76. The van der Waals surface area contributed by atoms with E-state index in [1.165, 1.54) is 21.7 Å². The Morgan fingerprint density at radius 1 is 1.09 bits per heavy atom. The highest BCUT2D eigenvalue weighted by Crippen LogP contribution is 2.43. The van der Waals surface area contributed by atoms with Crippen LogP contribution < -0.4 is 9.62 Å². The monoisotopic (exact) mass is 499 g/mol. The smallest absolute Gasteiger partial charge is 0.282 e. The molecule has 2 heterocycles. The zero-order valence-electron chi connectivity index (χ0n) is 18.2. The Bertz CT molecular complexity index is 1530. The molecule has 3 aromatic rings. The molecule has 0 radical (unpaired) electrons. The minimum atomic E-state index is -4.61. The van der Waals surface area contributed by atoms with Crippen molar-refractivity contribution in [3.8, 4) is 12.1 Å². The van der Waals surface area contributed by atoms with Crippen LogP contribution in [0.4, 0.5) is 30.8 Å². The summed E-state index contributed by atoms with van der Waals surface area (Å²) in [6.07, 6.45) is -3.71. The number of rotatable bonds is 4. The highest BCUT2D eigenvalue weighted by Gasteiger charge is 2.37. The molecule has 1 unspecified atom stereocenters. The lowest BCUT2D eigenvalue weighted by molar-refractivity contribution is -0.137. The number of allylic oxidation sites excluding steroid dienone is 2. The van der Waals surface area contributed by atoms with E-state index < -0.39 is 27.8 Å². The average Bonchev–Trinajstić information content (AvgIpc) is 3.18. The van der Waals surface area contributed by atoms with Crippen molar-refractivity contribution in [1.29, 1.82) is 10.5 Å². The van der Waals surface area contributed by atoms with Gasteiger partial charge in [-0.1, -0.05) is 18.2 Å². The molecule has 0 aliphatic carbocycles. The number of nitrogens with one attached hydrogen (secondary N) is 1. The molecular formula is C22H16F3N7O2S. The molecule has 0 fully saturated rings. The molecule has 1 aliphatic heterocycles. The number of hydrogen-bond donors (Lipinski definition) is 1. The summed E-state index contributed by atoms with van der Waals surface area (Å²) in [4.78, 5) is 5.54. The van der Waals surface area contributed by atoms with Crippen LogP contribution in [0.2, 0.25) is 0 Å². The third-order valence-corrected chi connectivity index (χ3v) is 5.79. The van der Waals surface area contributed by atoms with Crippen molar-refractivity contribution in [2.24, 2.45) is 0 Å². The van der Waals surface area contributed by atoms with E-state index in [0.717, 1.165) is 18.4 Å². The third-order valence-electron chi connectivity index (χ3n) is 5.24. The van der Waals surface area contributed by atoms with Crippen molar-refractivity contribution in [3.63, 3.8) is 0 Å². The Balaban J connectivity index is 1.97. The van der Waals surface area contributed by atoms with Gasteiger partial charge in [-0.25, -0.2) is 13.1 Å². The first-order valence-corrected chi connectivity index (χ1v) is 11.8. The van der Waals surface area contributed by atoms with Crippen molar-refractivity contribution >= 4 is 27.6 Å². The number of fused-ring (bicyclic) bond motifs is 1. The van der Waals surface area contributed by atoms with Crippen molar-refractivity contribution in [1.82, 2.24) is 14.8 Å². The molecule has 0 spiro atoms. The summed E-state index contributed by atoms with van der Waals surface area (Å²) in [6, 6.07) is 14.0. The number of anilines is 3. The van der Waals surface area contributed by atoms with E-state index in [2.05, 4.69) is 20.9 Å². The number of halogens is 3. The second-order valence-corrected chi connectivity index (χ2v) is 9.43. The summed E-state index contributed by atoms with van der Waals surface area (Å²) < 4.78 is 67.2. The van der Waals surface area contributed by atoms with Gasteiger partial charge in [0.05, 0.1) is 35.1 Å². The van der Waals surface area contributed by atoms with Crippen LogP contribution in [-0.2, 0) is 16.2 Å². The minimum absolute atomic E-state index is 0.00124. The Morgan fingerprint density at radius 2 is 1.77 bits per heavy atom. The van der Waals surface area contributed by atoms with E-state index in [0.29, 0.717) is 11.1 Å². The van der Waals surface area contributed by atoms with E-state index >= 15 is 0 Å². The van der Waals surface area contributed by atoms with Crippen LogP contribution in [0.1, 0.15) is 29.7 Å². The van der Waals surface area contributed by atoms with Gasteiger partial charge in [-0.05, 0) is 42.8 Å². The van der Waals surface area contributed by atoms with E-state index in [4.69, 9.17) is 5.26 Å². The number of alkyl halides is 3. The molecule has 0 amide bonds. The lowest BCUT2D eigenvalue weighted by atomic mass is 9.95. The molecule has 1 N–H and O–H groups in total. The van der Waals surface area contributed by atoms with Crippen LogP contribution in [0.5, 0.6) is 0 Å². The van der Waals surface area contributed by atoms with Crippen LogP contribution in [0.3, 0.4) is 0 Å². The Morgan fingerprint density at radius 3 is 2.34 bits per heavy atom. The molecule has 35 heavy (non-hydrogen) atoms. The fraction of sp³-hybridized carbons (Fsp3) is 0.182. The van der Waals surface area contributed by atoms with Crippen LogP contribution in [0, 0.1) is 22.7 Å². The van der Waals surface area contributed by atoms with E-state index in [-0.39, 0.29) is 28.9 Å². The quantitative estimate of drug-likeness (QED) is 0.573. The average molecular weight is 499 g/mol. The molecule has 0 saturated heterocycles. The van der Waals surface area contributed by atoms with Gasteiger partial charge in [-0.3, -0.25) is 9.62 Å². The molecule has 13 heteroatoms. The first kappa shape index (κ1) is 23.8. The lowest BCUT2D eigenvalue weighted by Crippen LogP contribution is -2.31. The summed E-state index contributed by atoms with van der Waals surface area (Å²) >= 11 is 0. The number of benzene rings is 2. The number of sulfonamides is 1. The first-order chi connectivity index (χ1) is 16.4. The highest BCUT2D eigenvalue weighted by atomic mass is 32.2. The van der Waals surface area contributed by atoms with Crippen LogP contribution in [-0.4, -0.2) is 29.4 Å². The lowest BCUT2D eigenvalue weighted by Gasteiger charge is -2.34. The second-order valence-electron chi connectivity index (χ2n) is 7.68. The van der Waals surface area contributed by atoms with Crippen LogP contribution in [0.25, 0.3) is 0 Å². The van der Waals surface area contributed by atoms with Gasteiger partial charge in [0.15, 0.2) is 0 Å². The van der Waals surface area contributed by atoms with Gasteiger partial charge in [-0.15, -0.1) is 5.10 Å². The molecule has 4 rings (SSSR count). The fourth-order valence-corrected chi connectivity index (χ4v) is 4.18. The third kappa shape index (κ3) is 4.54. The molecular weight excluding hydrogens is 483 g/mol. The number of nitrogens with zero attached hydrogens (tertiary/aromatic N) is 6. The van der Waals surface area contributed by atoms with Crippen LogP contribution >= 0.6 is 0 Å². The largest absolute Gasteiger partial charge is 0.416 e. The number of aromatic nitrogens is 3. The maximum absolute atomic E-state index is 13.4. The van der Waals surface area contributed by atoms with Gasteiger partial charge in [-0.2, -0.15) is 28.7 Å². The number of hydrogen-bond acceptors (Lipinski definition) is 7. The van der Waals surface area contributed by atoms with Gasteiger partial charge in [0.2, 0.25) is 16.0 Å². The molecule has 178 valence electrons. The Kier molecular flexibility index (Phi) is 5.74. The number of nitriles is 2. The molecule has 9 nitrogen and oxygen atoms in total. The van der Waals surface area contributed by atoms with Gasteiger partial charge in [0.1, 0.15) is 6.04 Å². The van der Waals surface area contributed by atoms with Crippen molar-refractivity contribution in [2.45, 2.75) is 19.1 Å². The Labute approximate surface area is 198 Å². The standard InChI is InChI=1S/C22H16F3N7O2S/c1-13-18(12-27)19(15-8-6-14(11-26)7-9-15)32-21(28-20(29-32)30-35(2,33)34)31(13)17-5-3-4-16(10-17)22(23,24)25/h3-10,19H,1-2H3,(H,29,30). The zero-order chi connectivity index (χ0) is 25.5. The van der Waals surface area contributed by atoms with Crippen LogP contribution in [0.15, 0.2) is 59.8 Å². The molecule has 1 aromatic heterocycles. The predicted molar refractivity (Wildman–Crippen MR) is 120 cm³/mol. The Hall–Kier alpha value is -4.36. The summed E-state index contributed by atoms with van der Waals surface area (Å²) in [6.45, 7) is 1.55. The molecule has 0 bridgehead atoms. The summed E-state index contributed by atoms with van der Waals surface area (Å²) in [5, 5.41) is 23.3. The first-order valence-electron chi connectivity index (χ1n) is 9.95. The van der Waals surface area contributed by atoms with Crippen molar-refractivity contribution in [2.75, 3.05) is 15.9 Å². The second kappa shape index (κ2) is 8.45. The maximum Gasteiger partial charge on any atom is 0.416 e. The van der Waals surface area contributed by atoms with E-state index in [1.54, 1.807) is 31.2 Å². The van der Waals surface area contributed by atoms with E-state index in [1.807, 2.05) is 6.07 Å². The molecule has 2 aromatic carbocycles. The van der Waals surface area contributed by atoms with E-state index in [9.17, 15) is 26.9 Å². The molecule has 1 aliphatic rings. The van der Waals surface area contributed by atoms with Gasteiger partial charge in [0, 0.05) is 11.4 Å². The zero-order valence-corrected chi connectivity index (χ0v) is 19.1. The highest BCUT2D eigenvalue weighted by molar-refractivity contribution is 7.91. The molecule has 1 atom stereocenters. The normalized spacial score (nSPS) is 15.9. The van der Waals surface area contributed by atoms with Gasteiger partial charge >= 0.3 is 6.18 Å². The topological polar surface area (TPSA) is 128 Å². The summed E-state index contributed by atoms with van der Waals surface area (Å²) in [5.41, 5.74) is 0.509. The van der Waals surface area contributed by atoms with Gasteiger partial charge < -0.3 is 0 Å². The SMILES string of the molecule is CC1=C(C#N)C(c2ccc(C#N)cc2)n2nc(NS(C)(=O)=O)nc2N1c1cccc(C(F)(F)F)c1. The van der Waals surface area contributed by atoms with Crippen molar-refractivity contribution < 1.29 is 21.6 Å². The predicted octanol–water partition coefficient (Wildman–Crippen LogP) is 4.08. The molecule has 0 saturated carbocycles. The van der Waals surface area contributed by atoms with Gasteiger partial charge in [0.25, 0.3) is 5.95 Å². The van der Waals surface area contributed by atoms with Crippen molar-refractivity contribution in [3.05, 3.63) is 76.5 Å². The maximum atomic E-state index is 13.4. The minimum Gasteiger partial charge on any atom is -0.282 e.